The summed E-state index contributed by atoms with van der Waals surface area (Å²) in [5.74, 6) is 1.12. The van der Waals surface area contributed by atoms with E-state index < -0.39 is 0 Å². The van der Waals surface area contributed by atoms with Crippen LogP contribution in [0.4, 0.5) is 0 Å². The molecule has 1 saturated carbocycles. The van der Waals surface area contributed by atoms with Crippen molar-refractivity contribution in [3.05, 3.63) is 48.0 Å². The lowest BCUT2D eigenvalue weighted by molar-refractivity contribution is -0.122. The molecule has 1 aliphatic carbocycles. The molecule has 154 valence electrons. The predicted molar refractivity (Wildman–Crippen MR) is 118 cm³/mol. The number of benzene rings is 2. The number of hydrogen-bond donors (Lipinski definition) is 2. The minimum Gasteiger partial charge on any atom is -0.356 e. The first-order valence-electron chi connectivity index (χ1n) is 10.7. The maximum atomic E-state index is 12.0. The first-order chi connectivity index (χ1) is 14.2. The van der Waals surface area contributed by atoms with Gasteiger partial charge >= 0.3 is 0 Å². The van der Waals surface area contributed by atoms with Gasteiger partial charge in [-0.05, 0) is 35.6 Å². The summed E-state index contributed by atoms with van der Waals surface area (Å²) in [5, 5.41) is 9.20. The first kappa shape index (κ1) is 19.7. The summed E-state index contributed by atoms with van der Waals surface area (Å²) in [6.45, 7) is 4.93. The molecule has 2 N–H and O–H groups in total. The highest BCUT2D eigenvalue weighted by Gasteiger charge is 2.25. The molecule has 0 bridgehead atoms. The van der Waals surface area contributed by atoms with Crippen molar-refractivity contribution in [2.75, 3.05) is 46.3 Å². The van der Waals surface area contributed by atoms with Gasteiger partial charge in [-0.15, -0.1) is 0 Å². The molecule has 0 spiro atoms. The Kier molecular flexibility index (Phi) is 6.30. The molecule has 6 nitrogen and oxygen atoms in total. The van der Waals surface area contributed by atoms with E-state index in [0.29, 0.717) is 12.6 Å². The van der Waals surface area contributed by atoms with E-state index in [9.17, 15) is 4.79 Å². The van der Waals surface area contributed by atoms with Crippen molar-refractivity contribution in [1.29, 1.82) is 0 Å². The maximum Gasteiger partial charge on any atom is 0.234 e. The second-order valence-corrected chi connectivity index (χ2v) is 7.97. The lowest BCUT2D eigenvalue weighted by atomic mass is 10.0. The van der Waals surface area contributed by atoms with Crippen LogP contribution in [-0.2, 0) is 11.2 Å². The summed E-state index contributed by atoms with van der Waals surface area (Å²) in [4.78, 5) is 21.0. The Hall–Kier alpha value is -2.60. The molecule has 2 fully saturated rings. The van der Waals surface area contributed by atoms with Crippen LogP contribution >= 0.6 is 0 Å². The molecule has 1 aliphatic heterocycles. The van der Waals surface area contributed by atoms with Gasteiger partial charge in [-0.25, -0.2) is 0 Å². The number of carbonyl (C=O) groups is 1. The Bertz CT molecular complexity index is 863. The molecule has 29 heavy (non-hydrogen) atoms. The molecule has 2 aromatic carbocycles. The zero-order chi connectivity index (χ0) is 20.1. The Morgan fingerprint density at radius 3 is 2.59 bits per heavy atom. The number of guanidine groups is 1. The van der Waals surface area contributed by atoms with Gasteiger partial charge in [0.25, 0.3) is 0 Å². The molecular formula is C23H31N5O. The predicted octanol–water partition coefficient (Wildman–Crippen LogP) is 1.85. The average Bonchev–Trinajstić information content (AvgIpc) is 3.56. The number of piperazine rings is 1. The van der Waals surface area contributed by atoms with Crippen LogP contribution in [-0.4, -0.2) is 74.0 Å². The van der Waals surface area contributed by atoms with Crippen molar-refractivity contribution in [1.82, 2.24) is 20.4 Å². The van der Waals surface area contributed by atoms with Crippen molar-refractivity contribution in [3.63, 3.8) is 0 Å². The SMILES string of the molecule is CN=C(NCCc1cccc2ccccc12)N1CCN(CC(=O)NC2CC2)CC1. The van der Waals surface area contributed by atoms with Gasteiger partial charge in [-0.3, -0.25) is 14.7 Å². The van der Waals surface area contributed by atoms with E-state index in [1.54, 1.807) is 0 Å². The number of carbonyl (C=O) groups excluding carboxylic acids is 1. The van der Waals surface area contributed by atoms with Crippen LogP contribution in [0.5, 0.6) is 0 Å². The van der Waals surface area contributed by atoms with Crippen LogP contribution in [0.3, 0.4) is 0 Å². The zero-order valence-electron chi connectivity index (χ0n) is 17.2. The van der Waals surface area contributed by atoms with E-state index in [-0.39, 0.29) is 5.91 Å². The Labute approximate surface area is 173 Å². The van der Waals surface area contributed by atoms with Crippen LogP contribution < -0.4 is 10.6 Å². The van der Waals surface area contributed by atoms with Gasteiger partial charge in [0.1, 0.15) is 0 Å². The highest BCUT2D eigenvalue weighted by molar-refractivity contribution is 5.86. The number of rotatable bonds is 6. The third-order valence-corrected chi connectivity index (χ3v) is 5.75. The summed E-state index contributed by atoms with van der Waals surface area (Å²) in [6, 6.07) is 15.5. The average molecular weight is 394 g/mol. The molecule has 0 radical (unpaired) electrons. The standard InChI is InChI=1S/C23H31N5O/c1-24-23(25-12-11-19-7-4-6-18-5-2-3-8-21(18)19)28-15-13-27(14-16-28)17-22(29)26-20-9-10-20/h2-8,20H,9-17H2,1H3,(H,24,25)(H,26,29). The number of aliphatic imine (C=N–C) groups is 1. The number of nitrogens with one attached hydrogen (secondary N) is 2. The third kappa shape index (κ3) is 5.26. The summed E-state index contributed by atoms with van der Waals surface area (Å²) in [6.07, 6.45) is 3.24. The lowest BCUT2D eigenvalue weighted by Gasteiger charge is -2.36. The second kappa shape index (κ2) is 9.27. The van der Waals surface area contributed by atoms with Crippen molar-refractivity contribution < 1.29 is 4.79 Å². The van der Waals surface area contributed by atoms with Crippen LogP contribution in [0.15, 0.2) is 47.5 Å². The summed E-state index contributed by atoms with van der Waals surface area (Å²) >= 11 is 0. The van der Waals surface area contributed by atoms with E-state index >= 15 is 0 Å². The largest absolute Gasteiger partial charge is 0.356 e. The fourth-order valence-electron chi connectivity index (χ4n) is 3.97. The number of amides is 1. The summed E-state index contributed by atoms with van der Waals surface area (Å²) < 4.78 is 0. The number of fused-ring (bicyclic) bond motifs is 1. The molecule has 1 saturated heterocycles. The van der Waals surface area contributed by atoms with Crippen molar-refractivity contribution in [3.8, 4) is 0 Å². The smallest absolute Gasteiger partial charge is 0.234 e. The second-order valence-electron chi connectivity index (χ2n) is 7.97. The van der Waals surface area contributed by atoms with Crippen molar-refractivity contribution in [2.45, 2.75) is 25.3 Å². The fraction of sp³-hybridized carbons (Fsp3) is 0.478. The molecule has 0 atom stereocenters. The van der Waals surface area contributed by atoms with E-state index in [4.69, 9.17) is 0 Å². The maximum absolute atomic E-state index is 12.0. The third-order valence-electron chi connectivity index (χ3n) is 5.75. The Morgan fingerprint density at radius 1 is 1.07 bits per heavy atom. The highest BCUT2D eigenvalue weighted by atomic mass is 16.2. The monoisotopic (exact) mass is 393 g/mol. The molecule has 2 aliphatic rings. The number of hydrogen-bond acceptors (Lipinski definition) is 3. The Balaban J connectivity index is 1.24. The molecule has 6 heteroatoms. The molecule has 0 aromatic heterocycles. The highest BCUT2D eigenvalue weighted by Crippen LogP contribution is 2.19. The van der Waals surface area contributed by atoms with Gasteiger partial charge in [-0.2, -0.15) is 0 Å². The molecule has 4 rings (SSSR count). The minimum absolute atomic E-state index is 0.165. The fourth-order valence-corrected chi connectivity index (χ4v) is 3.97. The molecule has 2 aromatic rings. The molecule has 0 unspecified atom stereocenters. The van der Waals surface area contributed by atoms with Gasteiger partial charge in [0, 0.05) is 45.8 Å². The van der Waals surface area contributed by atoms with Gasteiger partial charge in [0.15, 0.2) is 5.96 Å². The van der Waals surface area contributed by atoms with Crippen LogP contribution in [0, 0.1) is 0 Å². The van der Waals surface area contributed by atoms with Crippen LogP contribution in [0.25, 0.3) is 10.8 Å². The van der Waals surface area contributed by atoms with Crippen molar-refractivity contribution in [2.24, 2.45) is 4.99 Å². The van der Waals surface area contributed by atoms with E-state index in [0.717, 1.165) is 57.9 Å². The first-order valence-corrected chi connectivity index (χ1v) is 10.7. The topological polar surface area (TPSA) is 60.0 Å². The van der Waals surface area contributed by atoms with Gasteiger partial charge in [0.05, 0.1) is 6.54 Å². The van der Waals surface area contributed by atoms with Gasteiger partial charge in [0.2, 0.25) is 5.91 Å². The summed E-state index contributed by atoms with van der Waals surface area (Å²) in [5.41, 5.74) is 1.36. The van der Waals surface area contributed by atoms with Crippen LogP contribution in [0.1, 0.15) is 18.4 Å². The zero-order valence-corrected chi connectivity index (χ0v) is 17.2. The van der Waals surface area contributed by atoms with E-state index in [1.807, 2.05) is 7.05 Å². The van der Waals surface area contributed by atoms with E-state index in [2.05, 4.69) is 67.9 Å². The van der Waals surface area contributed by atoms with Crippen molar-refractivity contribution >= 4 is 22.6 Å². The normalized spacial score (nSPS) is 18.1. The quantitative estimate of drug-likeness (QED) is 0.581. The molecule has 1 heterocycles. The molecular weight excluding hydrogens is 362 g/mol. The van der Waals surface area contributed by atoms with Gasteiger partial charge < -0.3 is 15.5 Å². The lowest BCUT2D eigenvalue weighted by Crippen LogP contribution is -2.54. The summed E-state index contributed by atoms with van der Waals surface area (Å²) in [7, 11) is 1.84. The van der Waals surface area contributed by atoms with E-state index in [1.165, 1.54) is 16.3 Å². The Morgan fingerprint density at radius 2 is 1.83 bits per heavy atom. The minimum atomic E-state index is 0.165. The number of nitrogens with zero attached hydrogens (tertiary/aromatic N) is 3. The molecule has 1 amide bonds. The van der Waals surface area contributed by atoms with Crippen LogP contribution in [0.2, 0.25) is 0 Å². The van der Waals surface area contributed by atoms with Gasteiger partial charge in [-0.1, -0.05) is 42.5 Å².